The molecule has 0 aromatic carbocycles. The molecule has 36 heavy (non-hydrogen) atoms. The molecule has 1 saturated heterocycles. The number of rotatable bonds is 3. The number of aliphatic hydroxyl groups is 6. The van der Waals surface area contributed by atoms with E-state index in [0.717, 1.165) is 0 Å². The molecule has 2 heterocycles. The largest absolute Gasteiger partial charge is 0.451 e. The second-order valence-corrected chi connectivity index (χ2v) is 12.7. The zero-order valence-electron chi connectivity index (χ0n) is 21.3. The monoisotopic (exact) mass is 507 g/mol. The van der Waals surface area contributed by atoms with E-state index in [4.69, 9.17) is 9.47 Å². The first kappa shape index (κ1) is 24.8. The predicted molar refractivity (Wildman–Crippen MR) is 123 cm³/mol. The molecule has 6 rings (SSSR count). The second-order valence-electron chi connectivity index (χ2n) is 12.7. The molecule has 1 aromatic rings. The lowest BCUT2D eigenvalue weighted by molar-refractivity contribution is -0.467. The van der Waals surface area contributed by atoms with Crippen LogP contribution in [-0.4, -0.2) is 87.6 Å². The van der Waals surface area contributed by atoms with Gasteiger partial charge in [-0.3, -0.25) is 0 Å². The molecule has 1 unspecified atom stereocenters. The van der Waals surface area contributed by atoms with Crippen molar-refractivity contribution in [2.24, 2.45) is 22.7 Å². The zero-order chi connectivity index (χ0) is 26.5. The highest BCUT2D eigenvalue weighted by Crippen LogP contribution is 2.90. The Morgan fingerprint density at radius 2 is 1.81 bits per heavy atom. The fourth-order valence-electron chi connectivity index (χ4n) is 9.10. The van der Waals surface area contributed by atoms with Gasteiger partial charge in [-0.25, -0.2) is 4.79 Å². The Bertz CT molecular complexity index is 1140. The van der Waals surface area contributed by atoms with Crippen molar-refractivity contribution in [3.05, 3.63) is 24.0 Å². The summed E-state index contributed by atoms with van der Waals surface area (Å²) in [4.78, 5) is 16.0. The van der Waals surface area contributed by atoms with Crippen molar-refractivity contribution in [2.45, 2.75) is 106 Å². The number of aromatic amines is 1. The van der Waals surface area contributed by atoms with Gasteiger partial charge < -0.3 is 45.1 Å². The first-order valence-corrected chi connectivity index (χ1v) is 12.9. The number of ether oxygens (including phenoxy) is 2. The van der Waals surface area contributed by atoms with Crippen molar-refractivity contribution in [3.8, 4) is 0 Å². The van der Waals surface area contributed by atoms with Crippen LogP contribution in [-0.2, 0) is 9.47 Å². The molecule has 0 radical (unpaired) electrons. The topological polar surface area (TPSA) is 173 Å². The first-order chi connectivity index (χ1) is 16.5. The number of esters is 1. The van der Waals surface area contributed by atoms with Crippen molar-refractivity contribution >= 4 is 5.97 Å². The highest BCUT2D eigenvalue weighted by molar-refractivity contribution is 5.87. The number of nitrogens with one attached hydrogen (secondary N) is 1. The molecule has 4 aliphatic carbocycles. The summed E-state index contributed by atoms with van der Waals surface area (Å²) in [6.45, 7) is 8.09. The maximum Gasteiger partial charge on any atom is 0.355 e. The number of carbonyl (C=O) groups excluding carboxylic acids is 1. The van der Waals surface area contributed by atoms with Crippen LogP contribution in [0.5, 0.6) is 0 Å². The van der Waals surface area contributed by atoms with Gasteiger partial charge in [0, 0.05) is 11.6 Å². The van der Waals surface area contributed by atoms with E-state index >= 15 is 0 Å². The van der Waals surface area contributed by atoms with Gasteiger partial charge in [0.15, 0.2) is 17.3 Å². The maximum atomic E-state index is 13.2. The average Bonchev–Trinajstić information content (AvgIpc) is 3.26. The quantitative estimate of drug-likeness (QED) is 0.282. The molecule has 1 aliphatic heterocycles. The lowest BCUT2D eigenvalue weighted by Gasteiger charge is -2.74. The van der Waals surface area contributed by atoms with E-state index in [1.54, 1.807) is 33.8 Å². The highest BCUT2D eigenvalue weighted by atomic mass is 16.7. The fourth-order valence-corrected chi connectivity index (χ4v) is 9.10. The number of aromatic nitrogens is 1. The van der Waals surface area contributed by atoms with Crippen LogP contribution in [0.3, 0.4) is 0 Å². The van der Waals surface area contributed by atoms with Gasteiger partial charge in [-0.15, -0.1) is 0 Å². The average molecular weight is 508 g/mol. The van der Waals surface area contributed by atoms with Crippen LogP contribution < -0.4 is 0 Å². The maximum absolute atomic E-state index is 13.2. The molecule has 1 aromatic heterocycles. The summed E-state index contributed by atoms with van der Waals surface area (Å²) < 4.78 is 12.0. The van der Waals surface area contributed by atoms with Crippen molar-refractivity contribution in [2.75, 3.05) is 0 Å². The smallest absolute Gasteiger partial charge is 0.355 e. The number of fused-ring (bicyclic) bond motifs is 3. The minimum absolute atomic E-state index is 0.0654. The molecule has 11 atom stereocenters. The Balaban J connectivity index is 1.63. The van der Waals surface area contributed by atoms with Crippen LogP contribution in [0, 0.1) is 22.7 Å². The van der Waals surface area contributed by atoms with Crippen LogP contribution in [0.25, 0.3) is 0 Å². The van der Waals surface area contributed by atoms with E-state index in [-0.39, 0.29) is 25.0 Å². The first-order valence-electron chi connectivity index (χ1n) is 12.9. The Morgan fingerprint density at radius 1 is 1.14 bits per heavy atom. The van der Waals surface area contributed by atoms with E-state index in [1.165, 1.54) is 19.2 Å². The van der Waals surface area contributed by atoms with Crippen LogP contribution >= 0.6 is 0 Å². The molecular weight excluding hydrogens is 470 g/mol. The molecule has 7 N–H and O–H groups in total. The number of hydrogen-bond donors (Lipinski definition) is 7. The van der Waals surface area contributed by atoms with Crippen molar-refractivity contribution in [1.29, 1.82) is 0 Å². The Morgan fingerprint density at radius 3 is 2.33 bits per heavy atom. The van der Waals surface area contributed by atoms with Gasteiger partial charge in [-0.1, -0.05) is 27.7 Å². The summed E-state index contributed by atoms with van der Waals surface area (Å²) >= 11 is 0. The predicted octanol–water partition coefficient (Wildman–Crippen LogP) is 0.202. The minimum Gasteiger partial charge on any atom is -0.451 e. The van der Waals surface area contributed by atoms with Crippen LogP contribution in [0.2, 0.25) is 0 Å². The molecule has 0 amide bonds. The summed E-state index contributed by atoms with van der Waals surface area (Å²) in [6.07, 6.45) is -0.726. The third kappa shape index (κ3) is 1.89. The van der Waals surface area contributed by atoms with Crippen molar-refractivity contribution in [1.82, 2.24) is 4.98 Å². The molecule has 5 fully saturated rings. The SMILES string of the molecule is CC(C)[C@@]1(O)[C@@H](OC(=O)c2ccc[nH]2)[C@]2(O)CC[C@]2(C)[C@@]2(O)CC[C@H](C)[C@@H](O)[C@@]23OC2(O)[C@]1(C)[C@]23O. The van der Waals surface area contributed by atoms with Crippen LogP contribution in [0.1, 0.15) is 70.8 Å². The van der Waals surface area contributed by atoms with Gasteiger partial charge in [-0.2, -0.15) is 0 Å². The summed E-state index contributed by atoms with van der Waals surface area (Å²) in [5, 5.41) is 72.9. The van der Waals surface area contributed by atoms with Crippen molar-refractivity contribution in [3.63, 3.8) is 0 Å². The Hall–Kier alpha value is -1.53. The summed E-state index contributed by atoms with van der Waals surface area (Å²) in [6, 6.07) is 3.10. The summed E-state index contributed by atoms with van der Waals surface area (Å²) in [7, 11) is 0. The fraction of sp³-hybridized carbons (Fsp3) is 0.808. The van der Waals surface area contributed by atoms with Gasteiger partial charge in [-0.05, 0) is 56.6 Å². The molecule has 10 nitrogen and oxygen atoms in total. The van der Waals surface area contributed by atoms with E-state index in [0.29, 0.717) is 6.42 Å². The van der Waals surface area contributed by atoms with Crippen LogP contribution in [0.4, 0.5) is 0 Å². The molecule has 10 heteroatoms. The van der Waals surface area contributed by atoms with Gasteiger partial charge >= 0.3 is 5.97 Å². The van der Waals surface area contributed by atoms with E-state index in [2.05, 4.69) is 4.98 Å². The molecule has 200 valence electrons. The summed E-state index contributed by atoms with van der Waals surface area (Å²) in [5.74, 6) is -4.34. The lowest BCUT2D eigenvalue weighted by Crippen LogP contribution is -2.91. The van der Waals surface area contributed by atoms with Gasteiger partial charge in [0.25, 0.3) is 0 Å². The van der Waals surface area contributed by atoms with Gasteiger partial charge in [0.1, 0.15) is 22.5 Å². The molecule has 0 bridgehead atoms. The molecule has 1 spiro atoms. The number of H-pyrrole nitrogens is 1. The number of aliphatic hydroxyl groups excluding tert-OH is 1. The van der Waals surface area contributed by atoms with Crippen LogP contribution in [0.15, 0.2) is 18.3 Å². The van der Waals surface area contributed by atoms with Gasteiger partial charge in [0.05, 0.1) is 11.5 Å². The Labute approximate surface area is 209 Å². The van der Waals surface area contributed by atoms with E-state index in [9.17, 15) is 35.4 Å². The lowest BCUT2D eigenvalue weighted by atomic mass is 9.38. The number of carbonyl (C=O) groups is 1. The zero-order valence-corrected chi connectivity index (χ0v) is 21.3. The second kappa shape index (κ2) is 6.36. The van der Waals surface area contributed by atoms with E-state index < -0.39 is 74.6 Å². The molecular formula is C26H37NO9. The minimum atomic E-state index is -2.35. The third-order valence-corrected chi connectivity index (χ3v) is 11.6. The third-order valence-electron chi connectivity index (χ3n) is 11.6. The highest BCUT2D eigenvalue weighted by Gasteiger charge is 3.12. The summed E-state index contributed by atoms with van der Waals surface area (Å²) in [5.41, 5.74) is -13.8. The van der Waals surface area contributed by atoms with Gasteiger partial charge in [0.2, 0.25) is 5.79 Å². The standard InChI is InChI=1S/C26H37NO9/c1-13(2)23(32)18(35-17(29)15-7-6-12-27-15)21(30)11-10-19(21,4)22(31)9-8-14(3)16(28)24(22)25(33)20(23,5)26(25,34)36-24/h6-7,12-14,16,18,27-28,30-34H,8-11H2,1-5H3/t14-,16+,18-,19-,20-,21+,22-,23+,24+,25+,26?/m0/s1. The van der Waals surface area contributed by atoms with E-state index in [1.807, 2.05) is 0 Å². The molecule has 5 aliphatic rings. The Kier molecular flexibility index (Phi) is 4.38. The van der Waals surface area contributed by atoms with Crippen molar-refractivity contribution < 1.29 is 44.9 Å². The number of hydrogen-bond acceptors (Lipinski definition) is 9. The molecule has 4 saturated carbocycles. The normalized spacial score (nSPS) is 58.8.